The van der Waals surface area contributed by atoms with E-state index >= 15 is 0 Å². The lowest BCUT2D eigenvalue weighted by molar-refractivity contribution is -0.142. The SMILES string of the molecule is CCc1cccnc1CNC(=O)N1CCC(C(=O)O)C1C. The summed E-state index contributed by atoms with van der Waals surface area (Å²) in [6.07, 6.45) is 3.08. The summed E-state index contributed by atoms with van der Waals surface area (Å²) < 4.78 is 0. The number of aromatic nitrogens is 1. The molecule has 6 heteroatoms. The van der Waals surface area contributed by atoms with Crippen LogP contribution in [0.15, 0.2) is 18.3 Å². The molecule has 0 aromatic carbocycles. The summed E-state index contributed by atoms with van der Waals surface area (Å²) in [6.45, 7) is 4.67. The molecule has 2 atom stereocenters. The predicted molar refractivity (Wildman–Crippen MR) is 77.8 cm³/mol. The van der Waals surface area contributed by atoms with Gasteiger partial charge in [-0.3, -0.25) is 9.78 Å². The first-order chi connectivity index (χ1) is 10.0. The molecule has 1 aromatic heterocycles. The molecule has 2 heterocycles. The molecule has 0 bridgehead atoms. The standard InChI is InChI=1S/C15H21N3O3/c1-3-11-5-4-7-16-13(11)9-17-15(21)18-8-6-12(10(18)2)14(19)20/h4-5,7,10,12H,3,6,8-9H2,1-2H3,(H,17,21)(H,19,20). The lowest BCUT2D eigenvalue weighted by atomic mass is 10.0. The van der Waals surface area contributed by atoms with Crippen LogP contribution >= 0.6 is 0 Å². The second-order valence-corrected chi connectivity index (χ2v) is 5.29. The molecule has 2 unspecified atom stereocenters. The Hall–Kier alpha value is -2.11. The molecule has 1 aromatic rings. The maximum absolute atomic E-state index is 12.2. The number of hydrogen-bond acceptors (Lipinski definition) is 3. The first kappa shape index (κ1) is 15.3. The number of carbonyl (C=O) groups excluding carboxylic acids is 1. The average molecular weight is 291 g/mol. The minimum atomic E-state index is -0.837. The molecule has 1 aliphatic rings. The van der Waals surface area contributed by atoms with Gasteiger partial charge in [-0.1, -0.05) is 13.0 Å². The number of hydrogen-bond donors (Lipinski definition) is 2. The van der Waals surface area contributed by atoms with Gasteiger partial charge in [0.05, 0.1) is 18.2 Å². The summed E-state index contributed by atoms with van der Waals surface area (Å²) in [6, 6.07) is 3.37. The quantitative estimate of drug-likeness (QED) is 0.883. The summed E-state index contributed by atoms with van der Waals surface area (Å²) >= 11 is 0. The molecule has 0 radical (unpaired) electrons. The zero-order valence-electron chi connectivity index (χ0n) is 12.4. The number of rotatable bonds is 4. The molecule has 114 valence electrons. The lowest BCUT2D eigenvalue weighted by Gasteiger charge is -2.23. The van der Waals surface area contributed by atoms with Crippen LogP contribution in [-0.2, 0) is 17.8 Å². The summed E-state index contributed by atoms with van der Waals surface area (Å²) in [5.74, 6) is -1.31. The molecular formula is C15H21N3O3. The van der Waals surface area contributed by atoms with Crippen molar-refractivity contribution in [1.82, 2.24) is 15.2 Å². The van der Waals surface area contributed by atoms with Crippen molar-refractivity contribution in [3.05, 3.63) is 29.6 Å². The van der Waals surface area contributed by atoms with E-state index in [0.717, 1.165) is 17.7 Å². The van der Waals surface area contributed by atoms with Gasteiger partial charge in [-0.05, 0) is 31.4 Å². The minimum absolute atomic E-state index is 0.223. The summed E-state index contributed by atoms with van der Waals surface area (Å²) in [7, 11) is 0. The molecule has 1 saturated heterocycles. The van der Waals surface area contributed by atoms with E-state index < -0.39 is 11.9 Å². The number of amides is 2. The Kier molecular flexibility index (Phi) is 4.77. The largest absolute Gasteiger partial charge is 0.481 e. The van der Waals surface area contributed by atoms with Gasteiger partial charge in [0, 0.05) is 18.8 Å². The van der Waals surface area contributed by atoms with E-state index in [1.165, 1.54) is 0 Å². The highest BCUT2D eigenvalue weighted by atomic mass is 16.4. The third-order valence-electron chi connectivity index (χ3n) is 4.11. The van der Waals surface area contributed by atoms with E-state index in [2.05, 4.69) is 10.3 Å². The predicted octanol–water partition coefficient (Wildman–Crippen LogP) is 1.65. The zero-order valence-corrected chi connectivity index (χ0v) is 12.4. The number of nitrogens with zero attached hydrogens (tertiary/aromatic N) is 2. The van der Waals surface area contributed by atoms with Crippen LogP contribution in [0.1, 0.15) is 31.5 Å². The molecule has 0 spiro atoms. The van der Waals surface area contributed by atoms with Crippen molar-refractivity contribution in [2.24, 2.45) is 5.92 Å². The van der Waals surface area contributed by atoms with Gasteiger partial charge < -0.3 is 15.3 Å². The molecule has 0 aliphatic carbocycles. The smallest absolute Gasteiger partial charge is 0.317 e. The number of likely N-dealkylation sites (tertiary alicyclic amines) is 1. The summed E-state index contributed by atoms with van der Waals surface area (Å²) in [5, 5.41) is 11.9. The number of aliphatic carboxylic acids is 1. The van der Waals surface area contributed by atoms with E-state index in [1.807, 2.05) is 19.1 Å². The third-order valence-corrected chi connectivity index (χ3v) is 4.11. The first-order valence-electron chi connectivity index (χ1n) is 7.24. The van der Waals surface area contributed by atoms with Crippen LogP contribution in [-0.4, -0.2) is 39.6 Å². The number of aryl methyl sites for hydroxylation is 1. The van der Waals surface area contributed by atoms with Crippen LogP contribution < -0.4 is 5.32 Å². The maximum Gasteiger partial charge on any atom is 0.317 e. The number of carboxylic acid groups (broad SMARTS) is 1. The molecule has 2 rings (SSSR count). The molecule has 6 nitrogen and oxygen atoms in total. The minimum Gasteiger partial charge on any atom is -0.481 e. The fraction of sp³-hybridized carbons (Fsp3) is 0.533. The molecule has 21 heavy (non-hydrogen) atoms. The van der Waals surface area contributed by atoms with E-state index in [9.17, 15) is 9.59 Å². The van der Waals surface area contributed by atoms with Crippen molar-refractivity contribution in [2.75, 3.05) is 6.54 Å². The highest BCUT2D eigenvalue weighted by Crippen LogP contribution is 2.24. The fourth-order valence-corrected chi connectivity index (χ4v) is 2.77. The van der Waals surface area contributed by atoms with Crippen molar-refractivity contribution in [3.63, 3.8) is 0 Å². The van der Waals surface area contributed by atoms with Gasteiger partial charge in [-0.2, -0.15) is 0 Å². The fourth-order valence-electron chi connectivity index (χ4n) is 2.77. The molecule has 2 N–H and O–H groups in total. The molecule has 1 fully saturated rings. The van der Waals surface area contributed by atoms with E-state index in [4.69, 9.17) is 5.11 Å². The first-order valence-corrected chi connectivity index (χ1v) is 7.24. The Labute approximate surface area is 124 Å². The second kappa shape index (κ2) is 6.56. The number of pyridine rings is 1. The van der Waals surface area contributed by atoms with Crippen molar-refractivity contribution < 1.29 is 14.7 Å². The maximum atomic E-state index is 12.2. The van der Waals surface area contributed by atoms with Crippen molar-refractivity contribution in [3.8, 4) is 0 Å². The Morgan fingerprint density at radius 2 is 2.29 bits per heavy atom. The normalized spacial score (nSPS) is 21.3. The molecule has 1 aliphatic heterocycles. The van der Waals surface area contributed by atoms with Gasteiger partial charge in [-0.25, -0.2) is 4.79 Å². The molecule has 2 amide bonds. The van der Waals surface area contributed by atoms with Crippen LogP contribution in [0.3, 0.4) is 0 Å². The Balaban J connectivity index is 1.95. The average Bonchev–Trinajstić information content (AvgIpc) is 2.87. The number of urea groups is 1. The van der Waals surface area contributed by atoms with Gasteiger partial charge in [0.2, 0.25) is 0 Å². The van der Waals surface area contributed by atoms with Crippen molar-refractivity contribution in [1.29, 1.82) is 0 Å². The van der Waals surface area contributed by atoms with E-state index in [-0.39, 0.29) is 12.1 Å². The van der Waals surface area contributed by atoms with Gasteiger partial charge in [0.25, 0.3) is 0 Å². The van der Waals surface area contributed by atoms with Crippen LogP contribution in [0, 0.1) is 5.92 Å². The van der Waals surface area contributed by atoms with Crippen LogP contribution in [0.4, 0.5) is 4.79 Å². The monoisotopic (exact) mass is 291 g/mol. The van der Waals surface area contributed by atoms with Crippen LogP contribution in [0.25, 0.3) is 0 Å². The van der Waals surface area contributed by atoms with Gasteiger partial charge in [0.15, 0.2) is 0 Å². The molecule has 0 saturated carbocycles. The van der Waals surface area contributed by atoms with E-state index in [1.54, 1.807) is 18.0 Å². The van der Waals surface area contributed by atoms with Gasteiger partial charge >= 0.3 is 12.0 Å². The Morgan fingerprint density at radius 3 is 2.90 bits per heavy atom. The third kappa shape index (κ3) is 3.32. The number of carboxylic acids is 1. The molecular weight excluding hydrogens is 270 g/mol. The topological polar surface area (TPSA) is 82.5 Å². The van der Waals surface area contributed by atoms with Gasteiger partial charge in [0.1, 0.15) is 0 Å². The summed E-state index contributed by atoms with van der Waals surface area (Å²) in [4.78, 5) is 29.1. The summed E-state index contributed by atoms with van der Waals surface area (Å²) in [5.41, 5.74) is 1.96. The number of nitrogens with one attached hydrogen (secondary N) is 1. The number of carbonyl (C=O) groups is 2. The zero-order chi connectivity index (χ0) is 15.4. The van der Waals surface area contributed by atoms with Gasteiger partial charge in [-0.15, -0.1) is 0 Å². The van der Waals surface area contributed by atoms with E-state index in [0.29, 0.717) is 19.5 Å². The Morgan fingerprint density at radius 1 is 1.52 bits per heavy atom. The van der Waals surface area contributed by atoms with Crippen molar-refractivity contribution in [2.45, 2.75) is 39.3 Å². The second-order valence-electron chi connectivity index (χ2n) is 5.29. The Bertz CT molecular complexity index is 533. The van der Waals surface area contributed by atoms with Crippen LogP contribution in [0.5, 0.6) is 0 Å². The van der Waals surface area contributed by atoms with Crippen LogP contribution in [0.2, 0.25) is 0 Å². The van der Waals surface area contributed by atoms with Crippen molar-refractivity contribution >= 4 is 12.0 Å². The highest BCUT2D eigenvalue weighted by molar-refractivity contribution is 5.78. The lowest BCUT2D eigenvalue weighted by Crippen LogP contribution is -2.43. The highest BCUT2D eigenvalue weighted by Gasteiger charge is 2.38.